The zero-order valence-electron chi connectivity index (χ0n) is 11.6. The fraction of sp³-hybridized carbons (Fsp3) is 0.357. The summed E-state index contributed by atoms with van der Waals surface area (Å²) >= 11 is 0. The van der Waals surface area contributed by atoms with Crippen LogP contribution < -0.4 is 5.32 Å². The maximum absolute atomic E-state index is 11.5. The number of nitrogens with zero attached hydrogens (tertiary/aromatic N) is 3. The number of nitrogens with one attached hydrogen (secondary N) is 1. The van der Waals surface area contributed by atoms with Crippen LogP contribution in [0.1, 0.15) is 24.2 Å². The van der Waals surface area contributed by atoms with E-state index in [9.17, 15) is 4.79 Å². The lowest BCUT2D eigenvalue weighted by Crippen LogP contribution is -2.22. The summed E-state index contributed by atoms with van der Waals surface area (Å²) in [6.45, 7) is 4.99. The number of hydrogen-bond donors (Lipinski definition) is 1. The van der Waals surface area contributed by atoms with Crippen LogP contribution in [0.2, 0.25) is 0 Å². The fourth-order valence-corrected chi connectivity index (χ4v) is 1.82. The molecule has 0 aliphatic rings. The SMILES string of the molecule is CCOC(=O)c1ccc(NC(C)Cn2ccnc2)nc1. The molecule has 1 atom stereocenters. The Balaban J connectivity index is 1.91. The van der Waals surface area contributed by atoms with Gasteiger partial charge in [-0.3, -0.25) is 0 Å². The van der Waals surface area contributed by atoms with Gasteiger partial charge in [0.15, 0.2) is 0 Å². The molecule has 20 heavy (non-hydrogen) atoms. The number of esters is 1. The van der Waals surface area contributed by atoms with E-state index in [-0.39, 0.29) is 12.0 Å². The highest BCUT2D eigenvalue weighted by Gasteiger charge is 2.08. The second-order valence-corrected chi connectivity index (χ2v) is 4.46. The Kier molecular flexibility index (Phi) is 4.70. The molecule has 0 bridgehead atoms. The minimum Gasteiger partial charge on any atom is -0.462 e. The summed E-state index contributed by atoms with van der Waals surface area (Å²) in [7, 11) is 0. The monoisotopic (exact) mass is 274 g/mol. The van der Waals surface area contributed by atoms with E-state index in [4.69, 9.17) is 4.74 Å². The Morgan fingerprint density at radius 1 is 1.50 bits per heavy atom. The summed E-state index contributed by atoms with van der Waals surface area (Å²) in [5.41, 5.74) is 0.458. The number of anilines is 1. The molecule has 1 unspecified atom stereocenters. The van der Waals surface area contributed by atoms with Crippen LogP contribution in [0.3, 0.4) is 0 Å². The lowest BCUT2D eigenvalue weighted by Gasteiger charge is -2.15. The van der Waals surface area contributed by atoms with Crippen LogP contribution in [-0.4, -0.2) is 33.2 Å². The smallest absolute Gasteiger partial charge is 0.339 e. The third-order valence-corrected chi connectivity index (χ3v) is 2.71. The number of aromatic nitrogens is 3. The van der Waals surface area contributed by atoms with Crippen molar-refractivity contribution in [2.45, 2.75) is 26.4 Å². The van der Waals surface area contributed by atoms with Gasteiger partial charge in [0, 0.05) is 31.2 Å². The van der Waals surface area contributed by atoms with E-state index in [2.05, 4.69) is 22.2 Å². The Morgan fingerprint density at radius 2 is 2.35 bits per heavy atom. The van der Waals surface area contributed by atoms with E-state index in [0.717, 1.165) is 12.4 Å². The maximum Gasteiger partial charge on any atom is 0.339 e. The minimum atomic E-state index is -0.349. The zero-order valence-corrected chi connectivity index (χ0v) is 11.6. The van der Waals surface area contributed by atoms with Crippen molar-refractivity contribution in [1.29, 1.82) is 0 Å². The molecule has 6 nitrogen and oxygen atoms in total. The first kappa shape index (κ1) is 14.0. The molecule has 6 heteroatoms. The Morgan fingerprint density at radius 3 is 2.95 bits per heavy atom. The van der Waals surface area contributed by atoms with Gasteiger partial charge in [-0.2, -0.15) is 0 Å². The van der Waals surface area contributed by atoms with Crippen molar-refractivity contribution in [2.75, 3.05) is 11.9 Å². The topological polar surface area (TPSA) is 69.0 Å². The maximum atomic E-state index is 11.5. The quantitative estimate of drug-likeness (QED) is 0.815. The van der Waals surface area contributed by atoms with Crippen LogP contribution in [0.15, 0.2) is 37.1 Å². The summed E-state index contributed by atoms with van der Waals surface area (Å²) in [6.07, 6.45) is 6.95. The van der Waals surface area contributed by atoms with Crippen LogP contribution in [0.5, 0.6) is 0 Å². The molecule has 106 valence electrons. The second-order valence-electron chi connectivity index (χ2n) is 4.46. The molecule has 0 fully saturated rings. The average Bonchev–Trinajstić information content (AvgIpc) is 2.92. The standard InChI is InChI=1S/C14H18N4O2/c1-3-20-14(19)12-4-5-13(16-8-12)17-11(2)9-18-7-6-15-10-18/h4-8,10-11H,3,9H2,1-2H3,(H,16,17). The Bertz CT molecular complexity index is 537. The summed E-state index contributed by atoms with van der Waals surface area (Å²) in [5.74, 6) is 0.378. The number of carbonyl (C=O) groups excluding carboxylic acids is 1. The first-order valence-electron chi connectivity index (χ1n) is 6.54. The van der Waals surface area contributed by atoms with Crippen molar-refractivity contribution in [3.63, 3.8) is 0 Å². The third kappa shape index (κ3) is 3.81. The molecule has 0 aromatic carbocycles. The van der Waals surface area contributed by atoms with Crippen molar-refractivity contribution in [1.82, 2.24) is 14.5 Å². The van der Waals surface area contributed by atoms with Crippen LogP contribution in [-0.2, 0) is 11.3 Å². The van der Waals surface area contributed by atoms with Gasteiger partial charge in [0.1, 0.15) is 5.82 Å². The van der Waals surface area contributed by atoms with Gasteiger partial charge < -0.3 is 14.6 Å². The van der Waals surface area contributed by atoms with E-state index in [0.29, 0.717) is 12.2 Å². The molecule has 0 spiro atoms. The molecule has 0 amide bonds. The Hall–Kier alpha value is -2.37. The predicted molar refractivity (Wildman–Crippen MR) is 75.5 cm³/mol. The van der Waals surface area contributed by atoms with Crippen LogP contribution in [0.4, 0.5) is 5.82 Å². The van der Waals surface area contributed by atoms with Crippen LogP contribution >= 0.6 is 0 Å². The molecule has 0 aliphatic heterocycles. The molecule has 2 aromatic heterocycles. The van der Waals surface area contributed by atoms with Gasteiger partial charge in [-0.15, -0.1) is 0 Å². The summed E-state index contributed by atoms with van der Waals surface area (Å²) in [4.78, 5) is 19.7. The average molecular weight is 274 g/mol. The predicted octanol–water partition coefficient (Wildman–Crippen LogP) is 1.96. The molecule has 1 N–H and O–H groups in total. The van der Waals surface area contributed by atoms with Gasteiger partial charge in [-0.1, -0.05) is 0 Å². The van der Waals surface area contributed by atoms with Gasteiger partial charge in [0.05, 0.1) is 18.5 Å². The van der Waals surface area contributed by atoms with Crippen molar-refractivity contribution < 1.29 is 9.53 Å². The number of imidazole rings is 1. The summed E-state index contributed by atoms with van der Waals surface area (Å²) in [5, 5.41) is 3.27. The van der Waals surface area contributed by atoms with E-state index in [1.807, 2.05) is 10.8 Å². The molecule has 2 heterocycles. The van der Waals surface area contributed by atoms with E-state index >= 15 is 0 Å². The molecular formula is C14H18N4O2. The number of pyridine rings is 1. The number of rotatable bonds is 6. The highest BCUT2D eigenvalue weighted by molar-refractivity contribution is 5.89. The Labute approximate surface area is 117 Å². The van der Waals surface area contributed by atoms with Gasteiger partial charge in [0.2, 0.25) is 0 Å². The van der Waals surface area contributed by atoms with E-state index < -0.39 is 0 Å². The van der Waals surface area contributed by atoms with E-state index in [1.54, 1.807) is 31.6 Å². The largest absolute Gasteiger partial charge is 0.462 e. The first-order valence-corrected chi connectivity index (χ1v) is 6.54. The van der Waals surface area contributed by atoms with Crippen LogP contribution in [0.25, 0.3) is 0 Å². The highest BCUT2D eigenvalue weighted by Crippen LogP contribution is 2.08. The molecule has 0 saturated carbocycles. The molecule has 0 saturated heterocycles. The van der Waals surface area contributed by atoms with Gasteiger partial charge in [-0.25, -0.2) is 14.8 Å². The molecule has 2 aromatic rings. The molecule has 2 rings (SSSR count). The summed E-state index contributed by atoms with van der Waals surface area (Å²) in [6, 6.07) is 3.68. The van der Waals surface area contributed by atoms with Gasteiger partial charge >= 0.3 is 5.97 Å². The summed E-state index contributed by atoms with van der Waals surface area (Å²) < 4.78 is 6.90. The molecule has 0 aliphatic carbocycles. The lowest BCUT2D eigenvalue weighted by molar-refractivity contribution is 0.0526. The lowest BCUT2D eigenvalue weighted by atomic mass is 10.2. The molecule has 0 radical (unpaired) electrons. The number of hydrogen-bond acceptors (Lipinski definition) is 5. The van der Waals surface area contributed by atoms with Crippen molar-refractivity contribution in [3.8, 4) is 0 Å². The highest BCUT2D eigenvalue weighted by atomic mass is 16.5. The second kappa shape index (κ2) is 6.70. The number of carbonyl (C=O) groups is 1. The number of ether oxygens (including phenoxy) is 1. The molecular weight excluding hydrogens is 256 g/mol. The third-order valence-electron chi connectivity index (χ3n) is 2.71. The fourth-order valence-electron chi connectivity index (χ4n) is 1.82. The normalized spacial score (nSPS) is 11.9. The minimum absolute atomic E-state index is 0.199. The zero-order chi connectivity index (χ0) is 14.4. The van der Waals surface area contributed by atoms with Crippen molar-refractivity contribution in [3.05, 3.63) is 42.6 Å². The van der Waals surface area contributed by atoms with Crippen molar-refractivity contribution >= 4 is 11.8 Å². The van der Waals surface area contributed by atoms with E-state index in [1.165, 1.54) is 6.20 Å². The van der Waals surface area contributed by atoms with Crippen LogP contribution in [0, 0.1) is 0 Å². The van der Waals surface area contributed by atoms with Gasteiger partial charge in [-0.05, 0) is 26.0 Å². The van der Waals surface area contributed by atoms with Gasteiger partial charge in [0.25, 0.3) is 0 Å². The van der Waals surface area contributed by atoms with Crippen molar-refractivity contribution in [2.24, 2.45) is 0 Å². The first-order chi connectivity index (χ1) is 9.69.